The summed E-state index contributed by atoms with van der Waals surface area (Å²) in [4.78, 5) is 20.5. The number of nitrogens with one attached hydrogen (secondary N) is 1. The monoisotopic (exact) mass is 488 g/mol. The molecule has 2 rings (SSSR count). The standard InChI is InChI=1S/C20H32N4O2.HI/c1-15-13-24(14-18(15)19(25)26-5)20(21-2)22-12-6-7-16-8-10-17(11-9-16)23(3)4;/h8-11,15,18H,6-7,12-14H2,1-5H3,(H,21,22);1H. The summed E-state index contributed by atoms with van der Waals surface area (Å²) >= 11 is 0. The number of benzene rings is 1. The van der Waals surface area contributed by atoms with Crippen molar-refractivity contribution < 1.29 is 9.53 Å². The number of ether oxygens (including phenoxy) is 1. The second-order valence-electron chi connectivity index (χ2n) is 7.15. The van der Waals surface area contributed by atoms with Crippen molar-refractivity contribution in [3.05, 3.63) is 29.8 Å². The average Bonchev–Trinajstić information content (AvgIpc) is 3.03. The Labute approximate surface area is 180 Å². The Balaban J connectivity index is 0.00000364. The van der Waals surface area contributed by atoms with Gasteiger partial charge in [0.1, 0.15) is 0 Å². The van der Waals surface area contributed by atoms with Gasteiger partial charge in [0.15, 0.2) is 5.96 Å². The van der Waals surface area contributed by atoms with Crippen LogP contribution in [0.5, 0.6) is 0 Å². The Bertz CT molecular complexity index is 619. The summed E-state index contributed by atoms with van der Waals surface area (Å²) in [5.74, 6) is 0.938. The lowest BCUT2D eigenvalue weighted by molar-refractivity contribution is -0.145. The van der Waals surface area contributed by atoms with E-state index in [9.17, 15) is 4.79 Å². The van der Waals surface area contributed by atoms with Gasteiger partial charge in [-0.25, -0.2) is 0 Å². The normalized spacial score (nSPS) is 19.4. The topological polar surface area (TPSA) is 57.2 Å². The molecule has 27 heavy (non-hydrogen) atoms. The molecule has 1 aliphatic heterocycles. The number of esters is 1. The maximum Gasteiger partial charge on any atom is 0.310 e. The van der Waals surface area contributed by atoms with Gasteiger partial charge in [-0.3, -0.25) is 9.79 Å². The summed E-state index contributed by atoms with van der Waals surface area (Å²) in [6, 6.07) is 8.68. The molecule has 2 atom stereocenters. The van der Waals surface area contributed by atoms with Gasteiger partial charge in [-0.15, -0.1) is 24.0 Å². The van der Waals surface area contributed by atoms with Crippen molar-refractivity contribution >= 4 is 41.6 Å². The van der Waals surface area contributed by atoms with Crippen LogP contribution >= 0.6 is 24.0 Å². The van der Waals surface area contributed by atoms with E-state index in [0.29, 0.717) is 6.54 Å². The number of anilines is 1. The second kappa shape index (κ2) is 11.4. The van der Waals surface area contributed by atoms with Crippen molar-refractivity contribution in [2.45, 2.75) is 19.8 Å². The first-order valence-electron chi connectivity index (χ1n) is 9.26. The van der Waals surface area contributed by atoms with E-state index in [-0.39, 0.29) is 41.8 Å². The van der Waals surface area contributed by atoms with Crippen LogP contribution in [0.1, 0.15) is 18.9 Å². The number of methoxy groups -OCH3 is 1. The maximum absolute atomic E-state index is 11.9. The van der Waals surface area contributed by atoms with E-state index in [1.165, 1.54) is 18.4 Å². The van der Waals surface area contributed by atoms with E-state index < -0.39 is 0 Å². The molecule has 152 valence electrons. The number of hydrogen-bond acceptors (Lipinski definition) is 4. The zero-order chi connectivity index (χ0) is 19.1. The highest BCUT2D eigenvalue weighted by Crippen LogP contribution is 2.24. The minimum atomic E-state index is -0.128. The van der Waals surface area contributed by atoms with Crippen molar-refractivity contribution in [2.75, 3.05) is 52.8 Å². The third-order valence-electron chi connectivity index (χ3n) is 5.01. The summed E-state index contributed by atoms with van der Waals surface area (Å²) in [7, 11) is 7.34. The summed E-state index contributed by atoms with van der Waals surface area (Å²) in [5, 5.41) is 3.42. The maximum atomic E-state index is 11.9. The summed E-state index contributed by atoms with van der Waals surface area (Å²) in [5.41, 5.74) is 2.56. The quantitative estimate of drug-likeness (QED) is 0.220. The van der Waals surface area contributed by atoms with E-state index in [4.69, 9.17) is 4.74 Å². The highest BCUT2D eigenvalue weighted by atomic mass is 127. The molecule has 1 N–H and O–H groups in total. The number of aryl methyl sites for hydroxylation is 1. The molecule has 2 unspecified atom stereocenters. The van der Waals surface area contributed by atoms with Gasteiger partial charge in [0, 0.05) is 46.5 Å². The third kappa shape index (κ3) is 6.55. The highest BCUT2D eigenvalue weighted by Gasteiger charge is 2.36. The molecule has 1 fully saturated rings. The van der Waals surface area contributed by atoms with Gasteiger partial charge in [-0.05, 0) is 36.5 Å². The molecule has 1 aromatic carbocycles. The van der Waals surface area contributed by atoms with Crippen LogP contribution in [-0.2, 0) is 16.0 Å². The number of guanidine groups is 1. The number of aliphatic imine (C=N–C) groups is 1. The highest BCUT2D eigenvalue weighted by molar-refractivity contribution is 14.0. The van der Waals surface area contributed by atoms with Crippen LogP contribution in [0.15, 0.2) is 29.3 Å². The van der Waals surface area contributed by atoms with Gasteiger partial charge in [0.25, 0.3) is 0 Å². The second-order valence-corrected chi connectivity index (χ2v) is 7.15. The average molecular weight is 488 g/mol. The minimum absolute atomic E-state index is 0. The fraction of sp³-hybridized carbons (Fsp3) is 0.600. The Morgan fingerprint density at radius 3 is 2.52 bits per heavy atom. The zero-order valence-corrected chi connectivity index (χ0v) is 19.4. The number of carbonyl (C=O) groups excluding carboxylic acids is 1. The van der Waals surface area contributed by atoms with Gasteiger partial charge in [0.05, 0.1) is 13.0 Å². The van der Waals surface area contributed by atoms with E-state index in [1.54, 1.807) is 7.05 Å². The Morgan fingerprint density at radius 1 is 1.30 bits per heavy atom. The first-order valence-corrected chi connectivity index (χ1v) is 9.26. The molecule has 1 aromatic rings. The van der Waals surface area contributed by atoms with Crippen molar-refractivity contribution in [1.29, 1.82) is 0 Å². The minimum Gasteiger partial charge on any atom is -0.469 e. The Morgan fingerprint density at radius 2 is 1.96 bits per heavy atom. The number of nitrogens with zero attached hydrogens (tertiary/aromatic N) is 3. The number of likely N-dealkylation sites (tertiary alicyclic amines) is 1. The molecule has 6 nitrogen and oxygen atoms in total. The van der Waals surface area contributed by atoms with Crippen LogP contribution in [-0.4, -0.2) is 64.7 Å². The van der Waals surface area contributed by atoms with E-state index >= 15 is 0 Å². The first-order chi connectivity index (χ1) is 12.5. The van der Waals surface area contributed by atoms with Gasteiger partial charge in [0.2, 0.25) is 0 Å². The molecule has 0 saturated carbocycles. The fourth-order valence-electron chi connectivity index (χ4n) is 3.38. The molecule has 0 amide bonds. The van der Waals surface area contributed by atoms with Crippen LogP contribution < -0.4 is 10.2 Å². The zero-order valence-electron chi connectivity index (χ0n) is 17.1. The fourth-order valence-corrected chi connectivity index (χ4v) is 3.38. The van der Waals surface area contributed by atoms with Gasteiger partial charge in [-0.2, -0.15) is 0 Å². The van der Waals surface area contributed by atoms with Crippen LogP contribution in [0, 0.1) is 11.8 Å². The van der Waals surface area contributed by atoms with E-state index in [2.05, 4.69) is 65.4 Å². The number of halogens is 1. The first kappa shape index (κ1) is 23.5. The van der Waals surface area contributed by atoms with Gasteiger partial charge >= 0.3 is 5.97 Å². The lowest BCUT2D eigenvalue weighted by atomic mass is 9.99. The molecule has 0 aliphatic carbocycles. The van der Waals surface area contributed by atoms with Gasteiger partial charge in [-0.1, -0.05) is 19.1 Å². The lowest BCUT2D eigenvalue weighted by Crippen LogP contribution is -2.41. The van der Waals surface area contributed by atoms with Crippen LogP contribution in [0.2, 0.25) is 0 Å². The van der Waals surface area contributed by atoms with Crippen molar-refractivity contribution in [1.82, 2.24) is 10.2 Å². The molecular weight excluding hydrogens is 455 g/mol. The Hall–Kier alpha value is -1.51. The molecular formula is C20H33IN4O2. The van der Waals surface area contributed by atoms with Crippen LogP contribution in [0.25, 0.3) is 0 Å². The van der Waals surface area contributed by atoms with Crippen LogP contribution in [0.3, 0.4) is 0 Å². The number of hydrogen-bond donors (Lipinski definition) is 1. The largest absolute Gasteiger partial charge is 0.469 e. The Kier molecular flexibility index (Phi) is 9.90. The van der Waals surface area contributed by atoms with Gasteiger partial charge < -0.3 is 19.9 Å². The predicted octanol–water partition coefficient (Wildman–Crippen LogP) is 2.62. The third-order valence-corrected chi connectivity index (χ3v) is 5.01. The summed E-state index contributed by atoms with van der Waals surface area (Å²) in [6.07, 6.45) is 2.06. The smallest absolute Gasteiger partial charge is 0.310 e. The molecule has 1 heterocycles. The lowest BCUT2D eigenvalue weighted by Gasteiger charge is -2.21. The van der Waals surface area contributed by atoms with Crippen LogP contribution in [0.4, 0.5) is 5.69 Å². The summed E-state index contributed by atoms with van der Waals surface area (Å²) in [6.45, 7) is 4.44. The van der Waals surface area contributed by atoms with Crippen molar-refractivity contribution in [3.8, 4) is 0 Å². The SMILES string of the molecule is CN=C(NCCCc1ccc(N(C)C)cc1)N1CC(C)C(C(=O)OC)C1.I. The molecule has 1 aliphatic rings. The van der Waals surface area contributed by atoms with E-state index in [1.807, 2.05) is 0 Å². The van der Waals surface area contributed by atoms with Crippen molar-refractivity contribution in [2.24, 2.45) is 16.8 Å². The van der Waals surface area contributed by atoms with Crippen molar-refractivity contribution in [3.63, 3.8) is 0 Å². The number of carbonyl (C=O) groups is 1. The molecule has 7 heteroatoms. The molecule has 0 radical (unpaired) electrons. The molecule has 1 saturated heterocycles. The molecule has 0 aromatic heterocycles. The number of rotatable bonds is 6. The molecule has 0 bridgehead atoms. The van der Waals surface area contributed by atoms with E-state index in [0.717, 1.165) is 31.9 Å². The predicted molar refractivity (Wildman–Crippen MR) is 122 cm³/mol. The summed E-state index contributed by atoms with van der Waals surface area (Å²) < 4.78 is 4.91. The molecule has 0 spiro atoms.